The summed E-state index contributed by atoms with van der Waals surface area (Å²) in [5, 5.41) is 0. The molecule has 2 heterocycles. The molecule has 0 aromatic carbocycles. The summed E-state index contributed by atoms with van der Waals surface area (Å²) >= 11 is 0. The van der Waals surface area contributed by atoms with Crippen molar-refractivity contribution < 1.29 is 9.59 Å². The molecule has 1 N–H and O–H groups in total. The zero-order chi connectivity index (χ0) is 10.3. The molecule has 0 aliphatic carbocycles. The first-order valence-corrected chi connectivity index (χ1v) is 4.10. The maximum absolute atomic E-state index is 11.5. The third-order valence-electron chi connectivity index (χ3n) is 2.06. The zero-order valence-corrected chi connectivity index (χ0v) is 7.40. The van der Waals surface area contributed by atoms with E-state index in [4.69, 9.17) is 0 Å². The first kappa shape index (κ1) is 8.61. The van der Waals surface area contributed by atoms with E-state index in [0.717, 1.165) is 11.1 Å². The molecule has 0 spiro atoms. The quantitative estimate of drug-likeness (QED) is 0.603. The molecule has 0 saturated heterocycles. The number of nitrogens with one attached hydrogen (secondary N) is 1. The van der Waals surface area contributed by atoms with Gasteiger partial charge in [0, 0.05) is 12.7 Å². The molecule has 2 amide bonds. The molecule has 72 valence electrons. The summed E-state index contributed by atoms with van der Waals surface area (Å²) in [4.78, 5) is 40.5. The molecule has 6 heteroatoms. The van der Waals surface area contributed by atoms with E-state index in [1.165, 1.54) is 0 Å². The Labute approximate surface area is 78.6 Å². The maximum atomic E-state index is 11.5. The van der Waals surface area contributed by atoms with E-state index in [0.29, 0.717) is 0 Å². The topological polar surface area (TPSA) is 83.1 Å². The number of hydrogen-bond donors (Lipinski definition) is 1. The second kappa shape index (κ2) is 2.76. The highest BCUT2D eigenvalue weighted by Gasteiger charge is 2.35. The van der Waals surface area contributed by atoms with E-state index in [-0.39, 0.29) is 17.8 Å². The molecule has 2 rings (SSSR count). The van der Waals surface area contributed by atoms with Crippen LogP contribution in [-0.4, -0.2) is 33.2 Å². The van der Waals surface area contributed by atoms with Gasteiger partial charge in [-0.1, -0.05) is 0 Å². The van der Waals surface area contributed by atoms with Crippen LogP contribution in [0.2, 0.25) is 0 Å². The molecule has 14 heavy (non-hydrogen) atoms. The number of imide groups is 1. The van der Waals surface area contributed by atoms with Crippen molar-refractivity contribution in [3.63, 3.8) is 0 Å². The van der Waals surface area contributed by atoms with Crippen molar-refractivity contribution >= 4 is 11.8 Å². The highest BCUT2D eigenvalue weighted by Crippen LogP contribution is 2.17. The second-order valence-electron chi connectivity index (χ2n) is 2.83. The van der Waals surface area contributed by atoms with E-state index in [2.05, 4.69) is 9.97 Å². The lowest BCUT2D eigenvalue weighted by Crippen LogP contribution is -2.29. The van der Waals surface area contributed by atoms with Gasteiger partial charge in [0.1, 0.15) is 5.69 Å². The number of nitrogens with zero attached hydrogens (tertiary/aromatic N) is 2. The molecule has 1 aromatic heterocycles. The van der Waals surface area contributed by atoms with Gasteiger partial charge >= 0.3 is 5.69 Å². The number of fused-ring (bicyclic) bond motifs is 1. The summed E-state index contributed by atoms with van der Waals surface area (Å²) in [5.41, 5.74) is -0.420. The van der Waals surface area contributed by atoms with E-state index in [1.807, 2.05) is 0 Å². The number of H-pyrrole nitrogens is 1. The molecule has 1 aromatic rings. The van der Waals surface area contributed by atoms with Crippen LogP contribution >= 0.6 is 0 Å². The Hall–Kier alpha value is -1.98. The van der Waals surface area contributed by atoms with E-state index in [1.54, 1.807) is 6.92 Å². The monoisotopic (exact) mass is 193 g/mol. The Morgan fingerprint density at radius 2 is 2.07 bits per heavy atom. The molecule has 0 atom stereocenters. The third kappa shape index (κ3) is 0.968. The van der Waals surface area contributed by atoms with Crippen molar-refractivity contribution in [1.29, 1.82) is 0 Å². The number of carbonyl (C=O) groups excluding carboxylic acids is 2. The number of aromatic nitrogens is 2. The SMILES string of the molecule is CCN1C(=O)c2cnc(=O)[nH]c2C1=O. The van der Waals surface area contributed by atoms with Crippen molar-refractivity contribution in [2.75, 3.05) is 6.54 Å². The van der Waals surface area contributed by atoms with Crippen LogP contribution in [0.5, 0.6) is 0 Å². The predicted octanol–water partition coefficient (Wildman–Crippen LogP) is -0.614. The highest BCUT2D eigenvalue weighted by atomic mass is 16.2. The Bertz CT molecular complexity index is 477. The molecule has 6 nitrogen and oxygen atoms in total. The summed E-state index contributed by atoms with van der Waals surface area (Å²) in [6.07, 6.45) is 1.13. The van der Waals surface area contributed by atoms with Crippen LogP contribution in [0.3, 0.4) is 0 Å². The average molecular weight is 193 g/mol. The lowest BCUT2D eigenvalue weighted by molar-refractivity contribution is 0.0661. The minimum atomic E-state index is -0.622. The Kier molecular flexibility index (Phi) is 1.70. The maximum Gasteiger partial charge on any atom is 0.345 e. The fourth-order valence-corrected chi connectivity index (χ4v) is 1.38. The van der Waals surface area contributed by atoms with Gasteiger partial charge in [-0.15, -0.1) is 0 Å². The number of rotatable bonds is 1. The van der Waals surface area contributed by atoms with Gasteiger partial charge in [-0.2, -0.15) is 0 Å². The summed E-state index contributed by atoms with van der Waals surface area (Å²) in [5.74, 6) is -0.872. The normalized spacial score (nSPS) is 14.8. The second-order valence-corrected chi connectivity index (χ2v) is 2.83. The van der Waals surface area contributed by atoms with Gasteiger partial charge in [0.25, 0.3) is 11.8 Å². The van der Waals surface area contributed by atoms with Crippen molar-refractivity contribution in [2.24, 2.45) is 0 Å². The first-order chi connectivity index (χ1) is 6.65. The lowest BCUT2D eigenvalue weighted by Gasteiger charge is -2.08. The van der Waals surface area contributed by atoms with Crippen LogP contribution < -0.4 is 5.69 Å². The van der Waals surface area contributed by atoms with Crippen LogP contribution in [0.1, 0.15) is 27.8 Å². The van der Waals surface area contributed by atoms with E-state index >= 15 is 0 Å². The fraction of sp³-hybridized carbons (Fsp3) is 0.250. The zero-order valence-electron chi connectivity index (χ0n) is 7.40. The first-order valence-electron chi connectivity index (χ1n) is 4.10. The predicted molar refractivity (Wildman–Crippen MR) is 45.9 cm³/mol. The van der Waals surface area contributed by atoms with E-state index in [9.17, 15) is 14.4 Å². The molecule has 0 bridgehead atoms. The number of aromatic amines is 1. The Balaban J connectivity index is 2.64. The average Bonchev–Trinajstić information content (AvgIpc) is 2.39. The molecular formula is C8H7N3O3. The van der Waals surface area contributed by atoms with Crippen molar-refractivity contribution in [1.82, 2.24) is 14.9 Å². The van der Waals surface area contributed by atoms with Crippen LogP contribution in [0.15, 0.2) is 11.0 Å². The standard InChI is InChI=1S/C8H7N3O3/c1-2-11-6(12)4-3-9-8(14)10-5(4)7(11)13/h3H,2H2,1H3,(H,9,10,14). The van der Waals surface area contributed by atoms with Crippen LogP contribution in [0.25, 0.3) is 0 Å². The van der Waals surface area contributed by atoms with Gasteiger partial charge < -0.3 is 4.98 Å². The minimum absolute atomic E-state index is 0.0388. The number of carbonyl (C=O) groups is 2. The molecule has 1 aliphatic heterocycles. The van der Waals surface area contributed by atoms with Gasteiger partial charge in [-0.05, 0) is 6.92 Å². The fourth-order valence-electron chi connectivity index (χ4n) is 1.38. The van der Waals surface area contributed by atoms with Crippen LogP contribution in [0, 0.1) is 0 Å². The van der Waals surface area contributed by atoms with Gasteiger partial charge in [0.15, 0.2) is 0 Å². The van der Waals surface area contributed by atoms with Crippen LogP contribution in [0.4, 0.5) is 0 Å². The van der Waals surface area contributed by atoms with Crippen molar-refractivity contribution in [3.8, 4) is 0 Å². The number of hydrogen-bond acceptors (Lipinski definition) is 4. The van der Waals surface area contributed by atoms with Gasteiger partial charge in [0.05, 0.1) is 5.56 Å². The van der Waals surface area contributed by atoms with E-state index < -0.39 is 17.5 Å². The Morgan fingerprint density at radius 1 is 1.36 bits per heavy atom. The third-order valence-corrected chi connectivity index (χ3v) is 2.06. The van der Waals surface area contributed by atoms with Gasteiger partial charge in [-0.25, -0.2) is 9.78 Å². The van der Waals surface area contributed by atoms with Gasteiger partial charge in [0.2, 0.25) is 0 Å². The summed E-state index contributed by atoms with van der Waals surface area (Å²) < 4.78 is 0. The highest BCUT2D eigenvalue weighted by molar-refractivity contribution is 6.20. The largest absolute Gasteiger partial charge is 0.345 e. The van der Waals surface area contributed by atoms with Crippen molar-refractivity contribution in [3.05, 3.63) is 27.9 Å². The molecule has 1 aliphatic rings. The summed E-state index contributed by atoms with van der Waals surface area (Å²) in [6.45, 7) is 1.97. The Morgan fingerprint density at radius 3 is 2.71 bits per heavy atom. The summed E-state index contributed by atoms with van der Waals surface area (Å²) in [6, 6.07) is 0. The smallest absolute Gasteiger partial charge is 0.300 e. The molecule has 0 saturated carbocycles. The number of amides is 2. The molecule has 0 unspecified atom stereocenters. The van der Waals surface area contributed by atoms with Crippen LogP contribution in [-0.2, 0) is 0 Å². The minimum Gasteiger partial charge on any atom is -0.300 e. The van der Waals surface area contributed by atoms with Gasteiger partial charge in [-0.3, -0.25) is 14.5 Å². The summed E-state index contributed by atoms with van der Waals surface area (Å²) in [7, 11) is 0. The van der Waals surface area contributed by atoms with Crippen molar-refractivity contribution in [2.45, 2.75) is 6.92 Å². The molecule has 0 fully saturated rings. The molecular weight excluding hydrogens is 186 g/mol. The lowest BCUT2D eigenvalue weighted by atomic mass is 10.3. The molecule has 0 radical (unpaired) electrons.